The van der Waals surface area contributed by atoms with Gasteiger partial charge in [0.1, 0.15) is 0 Å². The van der Waals surface area contributed by atoms with E-state index >= 15 is 0 Å². The number of nitrogens with zero attached hydrogens (tertiary/aromatic N) is 3. The topological polar surface area (TPSA) is 98.1 Å². The summed E-state index contributed by atoms with van der Waals surface area (Å²) in [6.45, 7) is -1.23. The number of hydrogen-bond donors (Lipinski definition) is 2. The number of aromatic nitrogens is 3. The van der Waals surface area contributed by atoms with Gasteiger partial charge in [0.05, 0.1) is 16.6 Å². The molecule has 2 N–H and O–H groups in total. The number of alkyl halides is 3. The molecular formula is C24H20F3N5O3. The van der Waals surface area contributed by atoms with E-state index in [4.69, 9.17) is 0 Å². The number of carbonyl (C=O) groups is 2. The number of halogens is 3. The van der Waals surface area contributed by atoms with Crippen molar-refractivity contribution >= 4 is 22.8 Å². The van der Waals surface area contributed by atoms with Crippen LogP contribution in [0, 0.1) is 0 Å². The van der Waals surface area contributed by atoms with Crippen LogP contribution in [0.3, 0.4) is 0 Å². The van der Waals surface area contributed by atoms with Gasteiger partial charge < -0.3 is 15.4 Å². The molecular weight excluding hydrogens is 463 g/mol. The van der Waals surface area contributed by atoms with Crippen molar-refractivity contribution in [2.75, 3.05) is 19.7 Å². The lowest BCUT2D eigenvalue weighted by molar-refractivity contribution is -0.154. The maximum Gasteiger partial charge on any atom is 0.422 e. The third-order valence-electron chi connectivity index (χ3n) is 4.86. The molecule has 0 radical (unpaired) electrons. The van der Waals surface area contributed by atoms with Crippen LogP contribution in [-0.2, 0) is 0 Å². The van der Waals surface area contributed by atoms with Gasteiger partial charge in [-0.25, -0.2) is 9.97 Å². The number of ether oxygens (including phenoxy) is 1. The van der Waals surface area contributed by atoms with Crippen molar-refractivity contribution in [1.29, 1.82) is 0 Å². The lowest BCUT2D eigenvalue weighted by Gasteiger charge is -2.10. The molecule has 0 aliphatic rings. The number of amides is 2. The summed E-state index contributed by atoms with van der Waals surface area (Å²) < 4.78 is 42.9. The van der Waals surface area contributed by atoms with Crippen LogP contribution in [0.5, 0.6) is 5.88 Å². The lowest BCUT2D eigenvalue weighted by atomic mass is 10.2. The van der Waals surface area contributed by atoms with E-state index in [2.05, 4.69) is 25.3 Å². The molecule has 35 heavy (non-hydrogen) atoms. The van der Waals surface area contributed by atoms with E-state index in [-0.39, 0.29) is 30.4 Å². The molecule has 2 heterocycles. The highest BCUT2D eigenvalue weighted by atomic mass is 19.4. The molecule has 11 heteroatoms. The summed E-state index contributed by atoms with van der Waals surface area (Å²) in [4.78, 5) is 33.3. The fourth-order valence-corrected chi connectivity index (χ4v) is 3.31. The van der Waals surface area contributed by atoms with Crippen LogP contribution in [0.15, 0.2) is 72.9 Å². The Bertz CT molecular complexity index is 1320. The molecule has 0 saturated heterocycles. The molecule has 2 amide bonds. The summed E-state index contributed by atoms with van der Waals surface area (Å²) in [6.07, 6.45) is -3.37. The molecule has 4 aromatic rings. The SMILES string of the molecule is O=C(NCCNC(=O)c1nc2ccccc2n1-c1ccccc1)c1ccc(OCC(F)(F)F)nc1. The third kappa shape index (κ3) is 5.94. The van der Waals surface area contributed by atoms with E-state index in [1.807, 2.05) is 54.6 Å². The van der Waals surface area contributed by atoms with Crippen LogP contribution in [-0.4, -0.2) is 52.2 Å². The average Bonchev–Trinajstić information content (AvgIpc) is 3.25. The van der Waals surface area contributed by atoms with E-state index in [0.717, 1.165) is 17.4 Å². The van der Waals surface area contributed by atoms with Crippen molar-refractivity contribution in [1.82, 2.24) is 25.2 Å². The minimum Gasteiger partial charge on any atom is -0.468 e. The van der Waals surface area contributed by atoms with Crippen molar-refractivity contribution in [2.24, 2.45) is 0 Å². The molecule has 0 aliphatic carbocycles. The fourth-order valence-electron chi connectivity index (χ4n) is 3.31. The highest BCUT2D eigenvalue weighted by molar-refractivity contribution is 5.96. The Morgan fingerprint density at radius 1 is 0.886 bits per heavy atom. The molecule has 4 rings (SSSR count). The molecule has 0 bridgehead atoms. The van der Waals surface area contributed by atoms with Crippen LogP contribution >= 0.6 is 0 Å². The molecule has 0 fully saturated rings. The molecule has 2 aromatic carbocycles. The van der Waals surface area contributed by atoms with E-state index < -0.39 is 24.6 Å². The van der Waals surface area contributed by atoms with Gasteiger partial charge in [0.15, 0.2) is 6.61 Å². The first-order valence-corrected chi connectivity index (χ1v) is 10.6. The van der Waals surface area contributed by atoms with E-state index in [0.29, 0.717) is 5.52 Å². The normalized spacial score (nSPS) is 11.3. The maximum absolute atomic E-state index is 12.9. The Balaban J connectivity index is 1.34. The van der Waals surface area contributed by atoms with Gasteiger partial charge in [-0.1, -0.05) is 30.3 Å². The zero-order valence-corrected chi connectivity index (χ0v) is 18.2. The van der Waals surface area contributed by atoms with E-state index in [9.17, 15) is 22.8 Å². The molecule has 180 valence electrons. The Morgan fingerprint density at radius 2 is 1.57 bits per heavy atom. The number of nitrogens with one attached hydrogen (secondary N) is 2. The van der Waals surface area contributed by atoms with E-state index in [1.165, 1.54) is 12.1 Å². The molecule has 8 nitrogen and oxygen atoms in total. The Hall–Kier alpha value is -4.41. The van der Waals surface area contributed by atoms with Gasteiger partial charge in [-0.15, -0.1) is 0 Å². The van der Waals surface area contributed by atoms with Crippen LogP contribution < -0.4 is 15.4 Å². The molecule has 2 aromatic heterocycles. The highest BCUT2D eigenvalue weighted by Gasteiger charge is 2.28. The second kappa shape index (κ2) is 10.2. The Morgan fingerprint density at radius 3 is 2.26 bits per heavy atom. The Labute approximate surface area is 197 Å². The maximum atomic E-state index is 12.9. The van der Waals surface area contributed by atoms with Gasteiger partial charge >= 0.3 is 6.18 Å². The number of carbonyl (C=O) groups excluding carboxylic acids is 2. The molecule has 0 atom stereocenters. The minimum absolute atomic E-state index is 0.114. The zero-order chi connectivity index (χ0) is 24.8. The number of para-hydroxylation sites is 3. The number of hydrogen-bond acceptors (Lipinski definition) is 5. The number of pyridine rings is 1. The van der Waals surface area contributed by atoms with Gasteiger partial charge in [-0.3, -0.25) is 14.2 Å². The third-order valence-corrected chi connectivity index (χ3v) is 4.86. The van der Waals surface area contributed by atoms with E-state index in [1.54, 1.807) is 4.57 Å². The molecule has 0 unspecified atom stereocenters. The second-order valence-electron chi connectivity index (χ2n) is 7.40. The first kappa shape index (κ1) is 23.7. The second-order valence-corrected chi connectivity index (χ2v) is 7.40. The van der Waals surface area contributed by atoms with Crippen LogP contribution in [0.4, 0.5) is 13.2 Å². The Kier molecular flexibility index (Phi) is 6.95. The molecule has 0 spiro atoms. The number of fused-ring (bicyclic) bond motifs is 1. The molecule has 0 aliphatic heterocycles. The largest absolute Gasteiger partial charge is 0.468 e. The number of imidazole rings is 1. The average molecular weight is 483 g/mol. The fraction of sp³-hybridized carbons (Fsp3) is 0.167. The lowest BCUT2D eigenvalue weighted by Crippen LogP contribution is -2.35. The number of benzene rings is 2. The van der Waals surface area contributed by atoms with Crippen LogP contribution in [0.25, 0.3) is 16.7 Å². The summed E-state index contributed by atoms with van der Waals surface area (Å²) in [5, 5.41) is 5.35. The predicted molar refractivity (Wildman–Crippen MR) is 122 cm³/mol. The zero-order valence-electron chi connectivity index (χ0n) is 18.2. The van der Waals surface area contributed by atoms with Crippen molar-refractivity contribution in [3.63, 3.8) is 0 Å². The van der Waals surface area contributed by atoms with Gasteiger partial charge in [0.2, 0.25) is 11.7 Å². The van der Waals surface area contributed by atoms with Gasteiger partial charge in [0, 0.05) is 31.0 Å². The number of rotatable bonds is 8. The van der Waals surface area contributed by atoms with Crippen molar-refractivity contribution in [3.8, 4) is 11.6 Å². The minimum atomic E-state index is -4.48. The van der Waals surface area contributed by atoms with Crippen molar-refractivity contribution in [2.45, 2.75) is 6.18 Å². The first-order chi connectivity index (χ1) is 16.8. The summed E-state index contributed by atoms with van der Waals surface area (Å²) in [6, 6.07) is 19.2. The smallest absolute Gasteiger partial charge is 0.422 e. The van der Waals surface area contributed by atoms with Crippen molar-refractivity contribution in [3.05, 3.63) is 84.3 Å². The summed E-state index contributed by atoms with van der Waals surface area (Å²) in [7, 11) is 0. The van der Waals surface area contributed by atoms with Gasteiger partial charge in [-0.2, -0.15) is 13.2 Å². The van der Waals surface area contributed by atoms with Crippen LogP contribution in [0.1, 0.15) is 21.0 Å². The van der Waals surface area contributed by atoms with Gasteiger partial charge in [-0.05, 0) is 30.3 Å². The van der Waals surface area contributed by atoms with Crippen molar-refractivity contribution < 1.29 is 27.5 Å². The van der Waals surface area contributed by atoms with Crippen LogP contribution in [0.2, 0.25) is 0 Å². The quantitative estimate of drug-likeness (QED) is 0.374. The van der Waals surface area contributed by atoms with Gasteiger partial charge in [0.25, 0.3) is 11.8 Å². The highest BCUT2D eigenvalue weighted by Crippen LogP contribution is 2.21. The standard InChI is InChI=1S/C24H20F3N5O3/c25-24(26,27)15-35-20-11-10-16(14-30-20)22(33)28-12-13-29-23(34)21-31-18-8-4-5-9-19(18)32(21)17-6-2-1-3-7-17/h1-11,14H,12-13,15H2,(H,28,33)(H,29,34). The summed E-state index contributed by atoms with van der Waals surface area (Å²) >= 11 is 0. The summed E-state index contributed by atoms with van der Waals surface area (Å²) in [5.74, 6) is -0.937. The monoisotopic (exact) mass is 483 g/mol. The predicted octanol–water partition coefficient (Wildman–Crippen LogP) is 3.52. The molecule has 0 saturated carbocycles. The first-order valence-electron chi connectivity index (χ1n) is 10.6. The summed E-state index contributed by atoms with van der Waals surface area (Å²) in [5.41, 5.74) is 2.38.